The molecule has 1 atom stereocenters. The highest BCUT2D eigenvalue weighted by atomic mass is 16.5. The fraction of sp³-hybridized carbons (Fsp3) is 0.286. The summed E-state index contributed by atoms with van der Waals surface area (Å²) in [5.74, 6) is -1.000. The highest BCUT2D eigenvalue weighted by Crippen LogP contribution is 2.24. The van der Waals surface area contributed by atoms with E-state index >= 15 is 0 Å². The quantitative estimate of drug-likeness (QED) is 0.867. The second-order valence-electron chi connectivity index (χ2n) is 4.64. The molecule has 1 unspecified atom stereocenters. The van der Waals surface area contributed by atoms with Crippen LogP contribution in [0.1, 0.15) is 29.1 Å². The number of rotatable bonds is 5. The molecule has 22 heavy (non-hydrogen) atoms. The average Bonchev–Trinajstić information content (AvgIpc) is 2.88. The molecule has 1 aromatic carbocycles. The van der Waals surface area contributed by atoms with Crippen LogP contribution >= 0.6 is 0 Å². The molecule has 0 spiro atoms. The zero-order valence-corrected chi connectivity index (χ0v) is 12.4. The van der Waals surface area contributed by atoms with Gasteiger partial charge in [-0.25, -0.2) is 9.48 Å². The van der Waals surface area contributed by atoms with Crippen LogP contribution < -0.4 is 10.1 Å². The van der Waals surface area contributed by atoms with Gasteiger partial charge in [-0.3, -0.25) is 4.79 Å². The predicted molar refractivity (Wildman–Crippen MR) is 78.1 cm³/mol. The van der Waals surface area contributed by atoms with Crippen LogP contribution in [0.4, 0.5) is 5.69 Å². The molecule has 1 aromatic heterocycles. The minimum Gasteiger partial charge on any atom is -0.495 e. The number of carboxylic acid groups (broad SMARTS) is 1. The highest BCUT2D eigenvalue weighted by Gasteiger charge is 2.23. The molecule has 1 heterocycles. The number of hydrogen-bond donors (Lipinski definition) is 2. The number of amides is 1. The van der Waals surface area contributed by atoms with Gasteiger partial charge in [0, 0.05) is 0 Å². The molecule has 0 fully saturated rings. The molecular formula is C14H16N4O4. The summed E-state index contributed by atoms with van der Waals surface area (Å²) in [4.78, 5) is 23.3. The lowest BCUT2D eigenvalue weighted by atomic mass is 10.2. The van der Waals surface area contributed by atoms with E-state index in [-0.39, 0.29) is 11.6 Å². The normalized spacial score (nSPS) is 11.8. The third kappa shape index (κ3) is 2.90. The van der Waals surface area contributed by atoms with Gasteiger partial charge in [0.1, 0.15) is 11.8 Å². The van der Waals surface area contributed by atoms with Crippen molar-refractivity contribution in [2.24, 2.45) is 0 Å². The van der Waals surface area contributed by atoms with Crippen molar-refractivity contribution in [3.05, 3.63) is 35.7 Å². The van der Waals surface area contributed by atoms with Crippen LogP contribution in [-0.2, 0) is 4.79 Å². The van der Waals surface area contributed by atoms with Crippen molar-refractivity contribution in [1.82, 2.24) is 15.0 Å². The summed E-state index contributed by atoms with van der Waals surface area (Å²) < 4.78 is 6.44. The number of anilines is 1. The first-order valence-corrected chi connectivity index (χ1v) is 6.54. The fourth-order valence-electron chi connectivity index (χ4n) is 2.00. The molecular weight excluding hydrogens is 288 g/mol. The van der Waals surface area contributed by atoms with Gasteiger partial charge in [-0.1, -0.05) is 17.3 Å². The van der Waals surface area contributed by atoms with E-state index in [0.29, 0.717) is 17.1 Å². The Bertz CT molecular complexity index is 711. The van der Waals surface area contributed by atoms with Crippen LogP contribution in [0.15, 0.2) is 24.3 Å². The largest absolute Gasteiger partial charge is 0.495 e. The van der Waals surface area contributed by atoms with Crippen molar-refractivity contribution < 1.29 is 19.4 Å². The minimum atomic E-state index is -1.18. The van der Waals surface area contributed by atoms with Crippen molar-refractivity contribution in [2.75, 3.05) is 12.4 Å². The summed E-state index contributed by atoms with van der Waals surface area (Å²) in [5, 5.41) is 19.0. The van der Waals surface area contributed by atoms with Gasteiger partial charge in [0.2, 0.25) is 5.91 Å². The summed E-state index contributed by atoms with van der Waals surface area (Å²) in [6.45, 7) is 3.16. The van der Waals surface area contributed by atoms with Crippen molar-refractivity contribution in [3.63, 3.8) is 0 Å². The number of carbonyl (C=O) groups excluding carboxylic acids is 1. The van der Waals surface area contributed by atoms with Crippen LogP contribution in [0.5, 0.6) is 5.75 Å². The lowest BCUT2D eigenvalue weighted by Gasteiger charge is -2.15. The van der Waals surface area contributed by atoms with Gasteiger partial charge < -0.3 is 15.2 Å². The van der Waals surface area contributed by atoms with Gasteiger partial charge in [0.25, 0.3) is 0 Å². The number of ether oxygens (including phenoxy) is 1. The first-order valence-electron chi connectivity index (χ1n) is 6.54. The number of aromatic carboxylic acids is 1. The number of nitrogens with zero attached hydrogens (tertiary/aromatic N) is 3. The maximum absolute atomic E-state index is 12.3. The van der Waals surface area contributed by atoms with Crippen LogP contribution in [0.2, 0.25) is 0 Å². The van der Waals surface area contributed by atoms with E-state index < -0.39 is 12.0 Å². The zero-order chi connectivity index (χ0) is 16.3. The number of carboxylic acids is 1. The van der Waals surface area contributed by atoms with Crippen molar-refractivity contribution in [1.29, 1.82) is 0 Å². The number of hydrogen-bond acceptors (Lipinski definition) is 5. The van der Waals surface area contributed by atoms with Crippen LogP contribution in [0, 0.1) is 6.92 Å². The van der Waals surface area contributed by atoms with E-state index in [9.17, 15) is 9.59 Å². The monoisotopic (exact) mass is 304 g/mol. The molecule has 0 aliphatic carbocycles. The van der Waals surface area contributed by atoms with E-state index in [4.69, 9.17) is 9.84 Å². The van der Waals surface area contributed by atoms with Gasteiger partial charge in [-0.15, -0.1) is 5.10 Å². The standard InChI is InChI=1S/C14H16N4O4/c1-8-12(14(20)21)16-17-18(8)9(2)13(19)15-10-6-4-5-7-11(10)22-3/h4-7,9H,1-3H3,(H,15,19)(H,20,21). The average molecular weight is 304 g/mol. The second-order valence-corrected chi connectivity index (χ2v) is 4.64. The maximum Gasteiger partial charge on any atom is 0.358 e. The summed E-state index contributed by atoms with van der Waals surface area (Å²) >= 11 is 0. The number of benzene rings is 1. The lowest BCUT2D eigenvalue weighted by molar-refractivity contribution is -0.119. The molecule has 8 nitrogen and oxygen atoms in total. The Hall–Kier alpha value is -2.90. The molecule has 8 heteroatoms. The summed E-state index contributed by atoms with van der Waals surface area (Å²) in [6.07, 6.45) is 0. The third-order valence-corrected chi connectivity index (χ3v) is 3.24. The Balaban J connectivity index is 2.21. The van der Waals surface area contributed by atoms with E-state index in [1.54, 1.807) is 38.1 Å². The lowest BCUT2D eigenvalue weighted by Crippen LogP contribution is -2.25. The zero-order valence-electron chi connectivity index (χ0n) is 12.4. The fourth-order valence-corrected chi connectivity index (χ4v) is 2.00. The Kier molecular flexibility index (Phi) is 4.40. The molecule has 2 rings (SSSR count). The Morgan fingerprint density at radius 1 is 1.36 bits per heavy atom. The molecule has 0 radical (unpaired) electrons. The van der Waals surface area contributed by atoms with Crippen molar-refractivity contribution >= 4 is 17.6 Å². The van der Waals surface area contributed by atoms with E-state index in [1.807, 2.05) is 0 Å². The number of nitrogens with one attached hydrogen (secondary N) is 1. The minimum absolute atomic E-state index is 0.169. The smallest absolute Gasteiger partial charge is 0.358 e. The van der Waals surface area contributed by atoms with Gasteiger partial charge >= 0.3 is 5.97 Å². The topological polar surface area (TPSA) is 106 Å². The molecule has 0 bridgehead atoms. The molecule has 1 amide bonds. The molecule has 0 saturated carbocycles. The van der Waals surface area contributed by atoms with E-state index in [1.165, 1.54) is 11.8 Å². The van der Waals surface area contributed by atoms with Crippen molar-refractivity contribution in [2.45, 2.75) is 19.9 Å². The molecule has 0 aliphatic heterocycles. The maximum atomic E-state index is 12.3. The third-order valence-electron chi connectivity index (χ3n) is 3.24. The predicted octanol–water partition coefficient (Wildman–Crippen LogP) is 1.49. The SMILES string of the molecule is COc1ccccc1NC(=O)C(C)n1nnc(C(=O)O)c1C. The highest BCUT2D eigenvalue weighted by molar-refractivity contribution is 5.95. The number of para-hydroxylation sites is 2. The van der Waals surface area contributed by atoms with Crippen LogP contribution in [-0.4, -0.2) is 39.1 Å². The Labute approximate surface area is 126 Å². The van der Waals surface area contributed by atoms with Crippen LogP contribution in [0.3, 0.4) is 0 Å². The molecule has 116 valence electrons. The van der Waals surface area contributed by atoms with E-state index in [2.05, 4.69) is 15.6 Å². The van der Waals surface area contributed by atoms with E-state index in [0.717, 1.165) is 0 Å². The Morgan fingerprint density at radius 3 is 2.64 bits per heavy atom. The van der Waals surface area contributed by atoms with Gasteiger partial charge in [-0.05, 0) is 26.0 Å². The van der Waals surface area contributed by atoms with Crippen LogP contribution in [0.25, 0.3) is 0 Å². The van der Waals surface area contributed by atoms with Gasteiger partial charge in [-0.2, -0.15) is 0 Å². The molecule has 0 saturated heterocycles. The summed E-state index contributed by atoms with van der Waals surface area (Å²) in [6, 6.07) is 6.28. The second kappa shape index (κ2) is 6.25. The number of methoxy groups -OCH3 is 1. The van der Waals surface area contributed by atoms with Gasteiger partial charge in [0.05, 0.1) is 18.5 Å². The van der Waals surface area contributed by atoms with Gasteiger partial charge in [0.15, 0.2) is 5.69 Å². The number of aromatic nitrogens is 3. The first-order chi connectivity index (χ1) is 10.5. The summed E-state index contributed by atoms with van der Waals surface area (Å²) in [5.41, 5.74) is 0.671. The molecule has 2 aromatic rings. The molecule has 0 aliphatic rings. The van der Waals surface area contributed by atoms with Crippen molar-refractivity contribution in [3.8, 4) is 5.75 Å². The molecule has 2 N–H and O–H groups in total. The summed E-state index contributed by atoms with van der Waals surface area (Å²) in [7, 11) is 1.51. The Morgan fingerprint density at radius 2 is 2.05 bits per heavy atom. The number of carbonyl (C=O) groups is 2. The first kappa shape index (κ1) is 15.5.